The fourth-order valence-electron chi connectivity index (χ4n) is 2.30. The fourth-order valence-corrected chi connectivity index (χ4v) is 2.42. The second kappa shape index (κ2) is 7.73. The molecule has 0 aliphatic carbocycles. The zero-order chi connectivity index (χ0) is 17.7. The smallest absolute Gasteiger partial charge is 0.314 e. The van der Waals surface area contributed by atoms with E-state index in [-0.39, 0.29) is 6.61 Å². The van der Waals surface area contributed by atoms with Gasteiger partial charge in [-0.05, 0) is 57.2 Å². The minimum absolute atomic E-state index is 0.250. The van der Waals surface area contributed by atoms with E-state index in [9.17, 15) is 9.90 Å². The largest absolute Gasteiger partial charge is 0.481 e. The summed E-state index contributed by atoms with van der Waals surface area (Å²) in [6.45, 7) is 5.25. The fraction of sp³-hybridized carbons (Fsp3) is 0.389. The minimum Gasteiger partial charge on any atom is -0.481 e. The van der Waals surface area contributed by atoms with Crippen LogP contribution in [0, 0.1) is 5.41 Å². The summed E-state index contributed by atoms with van der Waals surface area (Å²) >= 11 is 5.89. The van der Waals surface area contributed by atoms with Crippen molar-refractivity contribution in [3.05, 3.63) is 53.3 Å². The summed E-state index contributed by atoms with van der Waals surface area (Å²) in [5.74, 6) is 0.0615. The molecule has 1 heterocycles. The van der Waals surface area contributed by atoms with Gasteiger partial charge in [-0.1, -0.05) is 11.6 Å². The number of aromatic nitrogens is 1. The molecule has 130 valence electrons. The van der Waals surface area contributed by atoms with Gasteiger partial charge in [-0.15, -0.1) is 0 Å². The van der Waals surface area contributed by atoms with E-state index in [0.29, 0.717) is 16.5 Å². The highest BCUT2D eigenvalue weighted by atomic mass is 35.5. The van der Waals surface area contributed by atoms with Crippen LogP contribution < -0.4 is 4.74 Å². The number of benzene rings is 1. The number of aromatic amines is 1. The zero-order valence-corrected chi connectivity index (χ0v) is 14.7. The third kappa shape index (κ3) is 4.10. The number of carbonyl (C=O) groups is 1. The van der Waals surface area contributed by atoms with Crippen LogP contribution in [0.1, 0.15) is 32.6 Å². The van der Waals surface area contributed by atoms with Gasteiger partial charge in [-0.3, -0.25) is 4.79 Å². The van der Waals surface area contributed by atoms with Gasteiger partial charge in [0.15, 0.2) is 6.10 Å². The van der Waals surface area contributed by atoms with Crippen LogP contribution in [0.2, 0.25) is 5.02 Å². The van der Waals surface area contributed by atoms with Crippen LogP contribution in [0.25, 0.3) is 0 Å². The summed E-state index contributed by atoms with van der Waals surface area (Å²) < 4.78 is 11.0. The molecule has 0 amide bonds. The highest BCUT2D eigenvalue weighted by molar-refractivity contribution is 6.30. The van der Waals surface area contributed by atoms with Gasteiger partial charge in [-0.25, -0.2) is 0 Å². The molecule has 6 heteroatoms. The van der Waals surface area contributed by atoms with Crippen molar-refractivity contribution in [3.8, 4) is 5.75 Å². The van der Waals surface area contributed by atoms with E-state index in [1.54, 1.807) is 63.4 Å². The number of carbonyl (C=O) groups excluding carboxylic acids is 1. The topological polar surface area (TPSA) is 71.6 Å². The number of halogens is 1. The molecule has 0 aliphatic heterocycles. The van der Waals surface area contributed by atoms with Gasteiger partial charge in [0.1, 0.15) is 11.9 Å². The molecule has 24 heavy (non-hydrogen) atoms. The van der Waals surface area contributed by atoms with Crippen molar-refractivity contribution < 1.29 is 19.4 Å². The summed E-state index contributed by atoms with van der Waals surface area (Å²) in [4.78, 5) is 15.2. The highest BCUT2D eigenvalue weighted by Crippen LogP contribution is 2.35. The molecule has 0 aliphatic rings. The molecule has 2 atom stereocenters. The molecule has 0 saturated carbocycles. The van der Waals surface area contributed by atoms with E-state index >= 15 is 0 Å². The number of ether oxygens (including phenoxy) is 2. The number of aliphatic hydroxyl groups is 1. The molecule has 1 aromatic heterocycles. The molecular weight excluding hydrogens is 330 g/mol. The molecular formula is C18H22ClNO4. The van der Waals surface area contributed by atoms with Gasteiger partial charge in [0, 0.05) is 11.2 Å². The van der Waals surface area contributed by atoms with Crippen LogP contribution >= 0.6 is 11.6 Å². The molecule has 0 radical (unpaired) electrons. The van der Waals surface area contributed by atoms with Crippen LogP contribution in [0.4, 0.5) is 0 Å². The van der Waals surface area contributed by atoms with Crippen molar-refractivity contribution >= 4 is 17.6 Å². The van der Waals surface area contributed by atoms with E-state index in [1.165, 1.54) is 0 Å². The Bertz CT molecular complexity index is 652. The van der Waals surface area contributed by atoms with Gasteiger partial charge >= 0.3 is 5.97 Å². The summed E-state index contributed by atoms with van der Waals surface area (Å²) in [7, 11) is 0. The van der Waals surface area contributed by atoms with E-state index in [0.717, 1.165) is 0 Å². The van der Waals surface area contributed by atoms with Gasteiger partial charge < -0.3 is 19.6 Å². The van der Waals surface area contributed by atoms with Crippen LogP contribution in [-0.2, 0) is 9.53 Å². The van der Waals surface area contributed by atoms with Gasteiger partial charge in [0.25, 0.3) is 0 Å². The lowest BCUT2D eigenvalue weighted by Crippen LogP contribution is -2.44. The maximum atomic E-state index is 12.2. The van der Waals surface area contributed by atoms with Gasteiger partial charge in [0.2, 0.25) is 0 Å². The molecule has 2 N–H and O–H groups in total. The van der Waals surface area contributed by atoms with Crippen molar-refractivity contribution in [2.24, 2.45) is 5.41 Å². The lowest BCUT2D eigenvalue weighted by atomic mass is 9.82. The first-order valence-electron chi connectivity index (χ1n) is 7.77. The number of H-pyrrole nitrogens is 1. The number of aliphatic hydroxyl groups excluding tert-OH is 1. The molecule has 0 fully saturated rings. The van der Waals surface area contributed by atoms with Crippen molar-refractivity contribution in [2.75, 3.05) is 6.61 Å². The van der Waals surface area contributed by atoms with Crippen LogP contribution in [0.5, 0.6) is 5.75 Å². The molecule has 2 rings (SSSR count). The van der Waals surface area contributed by atoms with Crippen LogP contribution in [0.3, 0.4) is 0 Å². The number of hydrogen-bond donors (Lipinski definition) is 2. The number of esters is 1. The first-order chi connectivity index (χ1) is 11.4. The quantitative estimate of drug-likeness (QED) is 0.745. The number of hydrogen-bond acceptors (Lipinski definition) is 4. The third-order valence-corrected chi connectivity index (χ3v) is 4.08. The third-order valence-electron chi connectivity index (χ3n) is 3.83. The van der Waals surface area contributed by atoms with E-state index < -0.39 is 23.6 Å². The van der Waals surface area contributed by atoms with E-state index in [1.807, 2.05) is 0 Å². The Morgan fingerprint density at radius 3 is 2.50 bits per heavy atom. The van der Waals surface area contributed by atoms with Crippen molar-refractivity contribution in [2.45, 2.75) is 33.0 Å². The SMILES string of the molecule is CCOC(=O)C(C)(C)C(O)C(Oc1ccc(Cl)cc1)c1ccc[nH]1. The molecule has 2 aromatic rings. The second-order valence-corrected chi connectivity index (χ2v) is 6.44. The Morgan fingerprint density at radius 2 is 1.96 bits per heavy atom. The Labute approximate surface area is 146 Å². The summed E-state index contributed by atoms with van der Waals surface area (Å²) in [6, 6.07) is 10.4. The highest BCUT2D eigenvalue weighted by Gasteiger charge is 2.43. The second-order valence-electron chi connectivity index (χ2n) is 6.00. The van der Waals surface area contributed by atoms with Crippen LogP contribution in [-0.4, -0.2) is 28.8 Å². The van der Waals surface area contributed by atoms with Crippen molar-refractivity contribution in [1.29, 1.82) is 0 Å². The average molecular weight is 352 g/mol. The Hall–Kier alpha value is -1.98. The zero-order valence-electron chi connectivity index (χ0n) is 14.0. The van der Waals surface area contributed by atoms with Gasteiger partial charge in [0.05, 0.1) is 17.7 Å². The number of nitrogens with one attached hydrogen (secondary N) is 1. The Morgan fingerprint density at radius 1 is 1.29 bits per heavy atom. The predicted molar refractivity (Wildman–Crippen MR) is 92.0 cm³/mol. The molecule has 1 aromatic carbocycles. The Kier molecular flexibility index (Phi) is 5.91. The molecule has 0 bridgehead atoms. The molecule has 5 nitrogen and oxygen atoms in total. The maximum absolute atomic E-state index is 12.2. The first kappa shape index (κ1) is 18.4. The van der Waals surface area contributed by atoms with Crippen LogP contribution in [0.15, 0.2) is 42.6 Å². The van der Waals surface area contributed by atoms with Crippen molar-refractivity contribution in [1.82, 2.24) is 4.98 Å². The van der Waals surface area contributed by atoms with Gasteiger partial charge in [-0.2, -0.15) is 0 Å². The van der Waals surface area contributed by atoms with E-state index in [4.69, 9.17) is 21.1 Å². The summed E-state index contributed by atoms with van der Waals surface area (Å²) in [5.41, 5.74) is -0.479. The lowest BCUT2D eigenvalue weighted by Gasteiger charge is -2.33. The normalized spacial score (nSPS) is 14.0. The predicted octanol–water partition coefficient (Wildman–Crippen LogP) is 3.74. The van der Waals surface area contributed by atoms with E-state index in [2.05, 4.69) is 4.98 Å². The molecule has 0 saturated heterocycles. The van der Waals surface area contributed by atoms with Crippen molar-refractivity contribution in [3.63, 3.8) is 0 Å². The first-order valence-corrected chi connectivity index (χ1v) is 8.15. The number of rotatable bonds is 7. The summed E-state index contributed by atoms with van der Waals surface area (Å²) in [5, 5.41) is 11.4. The minimum atomic E-state index is -1.14. The molecule has 2 unspecified atom stereocenters. The molecule has 0 spiro atoms. The summed E-state index contributed by atoms with van der Waals surface area (Å²) in [6.07, 6.45) is -0.149. The maximum Gasteiger partial charge on any atom is 0.314 e. The monoisotopic (exact) mass is 351 g/mol. The average Bonchev–Trinajstić information content (AvgIpc) is 3.08. The lowest BCUT2D eigenvalue weighted by molar-refractivity contribution is -0.164. The standard InChI is InChI=1S/C18H22ClNO4/c1-4-23-17(22)18(2,3)16(21)15(14-6-5-11-20-14)24-13-9-7-12(19)8-10-13/h5-11,15-16,20-21H,4H2,1-3H3. The Balaban J connectivity index is 2.29.